The second kappa shape index (κ2) is 5.84. The van der Waals surface area contributed by atoms with Gasteiger partial charge in [-0.3, -0.25) is 9.69 Å². The predicted molar refractivity (Wildman–Crippen MR) is 78.4 cm³/mol. The highest BCUT2D eigenvalue weighted by atomic mass is 32.1. The van der Waals surface area contributed by atoms with E-state index in [1.165, 1.54) is 22.5 Å². The summed E-state index contributed by atoms with van der Waals surface area (Å²) in [6.07, 6.45) is 2.67. The van der Waals surface area contributed by atoms with Gasteiger partial charge in [0.25, 0.3) is 0 Å². The van der Waals surface area contributed by atoms with Crippen molar-refractivity contribution in [1.82, 2.24) is 9.59 Å². The van der Waals surface area contributed by atoms with Crippen LogP contribution in [-0.4, -0.2) is 34.6 Å². The number of ketones is 1. The van der Waals surface area contributed by atoms with Gasteiger partial charge in [-0.25, -0.2) is 4.79 Å². The molecule has 1 aliphatic rings. The smallest absolute Gasteiger partial charge is 0.414 e. The van der Waals surface area contributed by atoms with Crippen LogP contribution in [0, 0.1) is 0 Å². The molecule has 1 saturated heterocycles. The van der Waals surface area contributed by atoms with Gasteiger partial charge in [0.1, 0.15) is 6.61 Å². The first-order chi connectivity index (χ1) is 10.2. The molecule has 0 bridgehead atoms. The second-order valence-corrected chi connectivity index (χ2v) is 4.95. The SMILES string of the molecule is O=C(C=Cc1csnn1)c1cccc(N2CCOC2=O)c1. The Labute approximate surface area is 124 Å². The number of carbonyl (C=O) groups excluding carboxylic acids is 2. The summed E-state index contributed by atoms with van der Waals surface area (Å²) in [4.78, 5) is 25.2. The third kappa shape index (κ3) is 2.97. The van der Waals surface area contributed by atoms with E-state index in [4.69, 9.17) is 4.74 Å². The second-order valence-electron chi connectivity index (χ2n) is 4.34. The van der Waals surface area contributed by atoms with Gasteiger partial charge >= 0.3 is 6.09 Å². The average molecular weight is 301 g/mol. The third-order valence-corrected chi connectivity index (χ3v) is 3.51. The number of benzene rings is 1. The Morgan fingerprint density at radius 2 is 2.33 bits per heavy atom. The molecule has 0 atom stereocenters. The zero-order chi connectivity index (χ0) is 14.7. The highest BCUT2D eigenvalue weighted by Crippen LogP contribution is 2.20. The molecule has 0 saturated carbocycles. The van der Waals surface area contributed by atoms with Crippen molar-refractivity contribution in [3.05, 3.63) is 47.0 Å². The Hall–Kier alpha value is -2.54. The molecule has 106 valence electrons. The summed E-state index contributed by atoms with van der Waals surface area (Å²) in [7, 11) is 0. The molecule has 3 rings (SSSR count). The van der Waals surface area contributed by atoms with E-state index in [0.29, 0.717) is 30.1 Å². The molecule has 0 spiro atoms. The van der Waals surface area contributed by atoms with Gasteiger partial charge in [0.2, 0.25) is 0 Å². The van der Waals surface area contributed by atoms with Gasteiger partial charge in [0.15, 0.2) is 5.78 Å². The fourth-order valence-electron chi connectivity index (χ4n) is 1.96. The number of cyclic esters (lactones) is 1. The highest BCUT2D eigenvalue weighted by molar-refractivity contribution is 7.03. The minimum Gasteiger partial charge on any atom is -0.447 e. The Balaban J connectivity index is 1.79. The maximum Gasteiger partial charge on any atom is 0.414 e. The standard InChI is InChI=1S/C14H11N3O3S/c18-13(5-4-11-9-21-16-15-11)10-2-1-3-12(8-10)17-6-7-20-14(17)19/h1-5,8-9H,6-7H2. The molecular weight excluding hydrogens is 290 g/mol. The van der Waals surface area contributed by atoms with Crippen LogP contribution in [0.3, 0.4) is 0 Å². The molecule has 0 unspecified atom stereocenters. The highest BCUT2D eigenvalue weighted by Gasteiger charge is 2.23. The van der Waals surface area contributed by atoms with Crippen LogP contribution in [0.1, 0.15) is 16.1 Å². The minimum absolute atomic E-state index is 0.155. The van der Waals surface area contributed by atoms with E-state index in [-0.39, 0.29) is 11.9 Å². The molecule has 0 radical (unpaired) electrons. The van der Waals surface area contributed by atoms with E-state index in [0.717, 1.165) is 0 Å². The quantitative estimate of drug-likeness (QED) is 0.640. The van der Waals surface area contributed by atoms with E-state index < -0.39 is 0 Å². The van der Waals surface area contributed by atoms with E-state index in [2.05, 4.69) is 9.59 Å². The molecule has 1 aromatic carbocycles. The largest absolute Gasteiger partial charge is 0.447 e. The summed E-state index contributed by atoms with van der Waals surface area (Å²) in [5, 5.41) is 5.58. The fraction of sp³-hybridized carbons (Fsp3) is 0.143. The summed E-state index contributed by atoms with van der Waals surface area (Å²) in [6.45, 7) is 0.866. The molecule has 7 heteroatoms. The molecular formula is C14H11N3O3S. The molecule has 2 aromatic rings. The minimum atomic E-state index is -0.385. The van der Waals surface area contributed by atoms with Gasteiger partial charge in [-0.15, -0.1) is 5.10 Å². The summed E-state index contributed by atoms with van der Waals surface area (Å²) < 4.78 is 8.61. The topological polar surface area (TPSA) is 72.4 Å². The first-order valence-electron chi connectivity index (χ1n) is 6.28. The Morgan fingerprint density at radius 1 is 1.43 bits per heavy atom. The van der Waals surface area contributed by atoms with Crippen molar-refractivity contribution in [1.29, 1.82) is 0 Å². The van der Waals surface area contributed by atoms with Crippen LogP contribution in [0.2, 0.25) is 0 Å². The molecule has 1 aliphatic heterocycles. The predicted octanol–water partition coefficient (Wildman–Crippen LogP) is 2.39. The van der Waals surface area contributed by atoms with Crippen LogP contribution in [0.25, 0.3) is 6.08 Å². The lowest BCUT2D eigenvalue weighted by Crippen LogP contribution is -2.23. The van der Waals surface area contributed by atoms with Crippen LogP contribution in [0.4, 0.5) is 10.5 Å². The van der Waals surface area contributed by atoms with Crippen molar-refractivity contribution in [2.45, 2.75) is 0 Å². The summed E-state index contributed by atoms with van der Waals surface area (Å²) in [5.74, 6) is -0.155. The van der Waals surface area contributed by atoms with Gasteiger partial charge in [0, 0.05) is 16.6 Å². The number of hydrogen-bond acceptors (Lipinski definition) is 6. The molecule has 21 heavy (non-hydrogen) atoms. The van der Waals surface area contributed by atoms with Crippen molar-refractivity contribution in [3.8, 4) is 0 Å². The first kappa shape index (κ1) is 13.4. The van der Waals surface area contributed by atoms with Crippen molar-refractivity contribution >= 4 is 35.2 Å². The number of allylic oxidation sites excluding steroid dienone is 1. The molecule has 1 amide bonds. The lowest BCUT2D eigenvalue weighted by molar-refractivity contribution is 0.104. The maximum absolute atomic E-state index is 12.1. The zero-order valence-corrected chi connectivity index (χ0v) is 11.7. The van der Waals surface area contributed by atoms with Crippen molar-refractivity contribution in [3.63, 3.8) is 0 Å². The molecule has 1 aromatic heterocycles. The Bertz CT molecular complexity index is 697. The number of nitrogens with zero attached hydrogens (tertiary/aromatic N) is 3. The number of ether oxygens (including phenoxy) is 1. The Kier molecular flexibility index (Phi) is 3.74. The third-order valence-electron chi connectivity index (χ3n) is 2.99. The van der Waals surface area contributed by atoms with E-state index >= 15 is 0 Å². The van der Waals surface area contributed by atoms with Crippen LogP contribution >= 0.6 is 11.5 Å². The van der Waals surface area contributed by atoms with E-state index in [1.807, 2.05) is 0 Å². The number of rotatable bonds is 4. The van der Waals surface area contributed by atoms with E-state index in [9.17, 15) is 9.59 Å². The summed E-state index contributed by atoms with van der Waals surface area (Å²) in [5.41, 5.74) is 1.81. The number of amides is 1. The van der Waals surface area contributed by atoms with E-state index in [1.54, 1.807) is 35.7 Å². The molecule has 1 fully saturated rings. The van der Waals surface area contributed by atoms with Crippen LogP contribution in [0.5, 0.6) is 0 Å². The lowest BCUT2D eigenvalue weighted by Gasteiger charge is -2.12. The zero-order valence-electron chi connectivity index (χ0n) is 10.9. The number of hydrogen-bond donors (Lipinski definition) is 0. The molecule has 0 N–H and O–H groups in total. The average Bonchev–Trinajstić information content (AvgIpc) is 3.16. The Morgan fingerprint density at radius 3 is 3.05 bits per heavy atom. The monoisotopic (exact) mass is 301 g/mol. The first-order valence-corrected chi connectivity index (χ1v) is 7.11. The molecule has 6 nitrogen and oxygen atoms in total. The van der Waals surface area contributed by atoms with Crippen LogP contribution in [-0.2, 0) is 4.74 Å². The summed E-state index contributed by atoms with van der Waals surface area (Å²) >= 11 is 1.22. The van der Waals surface area contributed by atoms with Crippen molar-refractivity contribution < 1.29 is 14.3 Å². The fourth-order valence-corrected chi connectivity index (χ4v) is 2.38. The van der Waals surface area contributed by atoms with Crippen molar-refractivity contribution in [2.24, 2.45) is 0 Å². The number of anilines is 1. The van der Waals surface area contributed by atoms with Crippen molar-refractivity contribution in [2.75, 3.05) is 18.1 Å². The van der Waals surface area contributed by atoms with Gasteiger partial charge in [-0.2, -0.15) is 0 Å². The summed E-state index contributed by atoms with van der Waals surface area (Å²) in [6, 6.07) is 6.90. The van der Waals surface area contributed by atoms with Gasteiger partial charge in [-0.05, 0) is 35.8 Å². The lowest BCUT2D eigenvalue weighted by atomic mass is 10.1. The van der Waals surface area contributed by atoms with Gasteiger partial charge in [-0.1, -0.05) is 16.6 Å². The van der Waals surface area contributed by atoms with Gasteiger partial charge < -0.3 is 4.74 Å². The molecule has 2 heterocycles. The van der Waals surface area contributed by atoms with Crippen LogP contribution < -0.4 is 4.90 Å². The number of aromatic nitrogens is 2. The van der Waals surface area contributed by atoms with Crippen LogP contribution in [0.15, 0.2) is 35.7 Å². The molecule has 0 aliphatic carbocycles. The normalized spacial score (nSPS) is 14.7. The number of carbonyl (C=O) groups is 2. The maximum atomic E-state index is 12.1. The van der Waals surface area contributed by atoms with Gasteiger partial charge in [0.05, 0.1) is 12.2 Å².